The van der Waals surface area contributed by atoms with E-state index in [0.29, 0.717) is 24.0 Å². The molecule has 1 atom stereocenters. The third-order valence-corrected chi connectivity index (χ3v) is 7.99. The topological polar surface area (TPSA) is 99.3 Å². The Morgan fingerprint density at radius 3 is 2.59 bits per heavy atom. The fourth-order valence-corrected chi connectivity index (χ4v) is 5.86. The van der Waals surface area contributed by atoms with Crippen LogP contribution < -0.4 is 10.9 Å². The molecule has 1 saturated heterocycles. The van der Waals surface area contributed by atoms with E-state index < -0.39 is 21.5 Å². The third-order valence-electron chi connectivity index (χ3n) is 5.98. The molecule has 32 heavy (non-hydrogen) atoms. The Morgan fingerprint density at radius 1 is 1.12 bits per heavy atom. The molecule has 1 aromatic heterocycles. The van der Waals surface area contributed by atoms with E-state index in [-0.39, 0.29) is 16.5 Å². The number of aryl methyl sites for hydroxylation is 1. The van der Waals surface area contributed by atoms with E-state index in [2.05, 4.69) is 10.3 Å². The molecule has 3 aromatic rings. The number of benzene rings is 2. The highest BCUT2D eigenvalue weighted by molar-refractivity contribution is 7.89. The molecule has 0 bridgehead atoms. The van der Waals surface area contributed by atoms with Gasteiger partial charge in [-0.2, -0.15) is 4.31 Å². The van der Waals surface area contributed by atoms with E-state index in [0.717, 1.165) is 30.4 Å². The van der Waals surface area contributed by atoms with Crippen molar-refractivity contribution in [1.82, 2.24) is 14.6 Å². The maximum Gasteiger partial charge on any atom is 0.252 e. The molecule has 1 aliphatic rings. The number of sulfonamides is 1. The van der Waals surface area contributed by atoms with E-state index in [1.54, 1.807) is 6.07 Å². The zero-order chi connectivity index (χ0) is 22.9. The summed E-state index contributed by atoms with van der Waals surface area (Å²) in [5, 5.41) is 3.23. The minimum atomic E-state index is -3.71. The maximum atomic E-state index is 13.3. The van der Waals surface area contributed by atoms with Gasteiger partial charge in [0.05, 0.1) is 10.5 Å². The molecule has 1 aliphatic heterocycles. The van der Waals surface area contributed by atoms with Gasteiger partial charge in [0.1, 0.15) is 0 Å². The van der Waals surface area contributed by atoms with Crippen LogP contribution in [0, 0.1) is 6.92 Å². The number of nitrogens with zero attached hydrogens (tertiary/aromatic N) is 1. The van der Waals surface area contributed by atoms with Crippen molar-refractivity contribution in [1.29, 1.82) is 0 Å². The number of hydrogen-bond acceptors (Lipinski definition) is 4. The Morgan fingerprint density at radius 2 is 1.88 bits per heavy atom. The quantitative estimate of drug-likeness (QED) is 0.619. The molecule has 2 N–H and O–H groups in total. The lowest BCUT2D eigenvalue weighted by Gasteiger charge is -2.32. The number of carbonyl (C=O) groups excluding carboxylic acids is 1. The summed E-state index contributed by atoms with van der Waals surface area (Å²) >= 11 is 0. The molecule has 1 amide bonds. The first-order valence-electron chi connectivity index (χ1n) is 10.8. The van der Waals surface area contributed by atoms with Crippen molar-refractivity contribution < 1.29 is 13.2 Å². The van der Waals surface area contributed by atoms with Gasteiger partial charge in [-0.05, 0) is 50.5 Å². The second-order valence-corrected chi connectivity index (χ2v) is 10.3. The zero-order valence-electron chi connectivity index (χ0n) is 18.2. The standard InChI is InChI=1S/C24H27N3O4S/c1-16-6-8-18(9-7-16)15-25-24(29)21-14-23(28)26-22-11-10-19(13-20(21)22)32(30,31)27-12-4-3-5-17(27)2/h6-11,13-14,17H,3-5,12,15H2,1-2H3,(H,25,29)(H,26,28). The number of piperidine rings is 1. The normalized spacial score (nSPS) is 17.4. The molecule has 0 radical (unpaired) electrons. The molecule has 8 heteroatoms. The number of aromatic amines is 1. The molecule has 2 heterocycles. The van der Waals surface area contributed by atoms with Gasteiger partial charge in [0.25, 0.3) is 5.91 Å². The van der Waals surface area contributed by atoms with Gasteiger partial charge in [0.2, 0.25) is 15.6 Å². The number of rotatable bonds is 5. The number of nitrogens with one attached hydrogen (secondary N) is 2. The van der Waals surface area contributed by atoms with Crippen molar-refractivity contribution in [3.8, 4) is 0 Å². The molecule has 168 valence electrons. The lowest BCUT2D eigenvalue weighted by atomic mass is 10.1. The number of hydrogen-bond donors (Lipinski definition) is 2. The Bertz CT molecular complexity index is 1310. The van der Waals surface area contributed by atoms with Crippen molar-refractivity contribution >= 4 is 26.8 Å². The third kappa shape index (κ3) is 4.47. The number of amides is 1. The smallest absolute Gasteiger partial charge is 0.252 e. The van der Waals surface area contributed by atoms with Gasteiger partial charge < -0.3 is 10.3 Å². The van der Waals surface area contributed by atoms with E-state index >= 15 is 0 Å². The minimum Gasteiger partial charge on any atom is -0.348 e. The number of H-pyrrole nitrogens is 1. The van der Waals surface area contributed by atoms with Crippen LogP contribution in [0.5, 0.6) is 0 Å². The van der Waals surface area contributed by atoms with Crippen LogP contribution in [-0.4, -0.2) is 36.2 Å². The van der Waals surface area contributed by atoms with Crippen molar-refractivity contribution in [2.24, 2.45) is 0 Å². The summed E-state index contributed by atoms with van der Waals surface area (Å²) in [4.78, 5) is 27.9. The van der Waals surface area contributed by atoms with E-state index in [9.17, 15) is 18.0 Å². The van der Waals surface area contributed by atoms with Gasteiger partial charge in [0, 0.05) is 36.1 Å². The average molecular weight is 454 g/mol. The van der Waals surface area contributed by atoms with Crippen LogP contribution in [0.2, 0.25) is 0 Å². The van der Waals surface area contributed by atoms with Crippen molar-refractivity contribution in [3.63, 3.8) is 0 Å². The van der Waals surface area contributed by atoms with Crippen LogP contribution in [0.1, 0.15) is 47.7 Å². The number of aromatic nitrogens is 1. The fourth-order valence-electron chi connectivity index (χ4n) is 4.13. The SMILES string of the molecule is Cc1ccc(CNC(=O)c2cc(=O)[nH]c3ccc(S(=O)(=O)N4CCCCC4C)cc23)cc1. The predicted octanol–water partition coefficient (Wildman–Crippen LogP) is 3.33. The van der Waals surface area contributed by atoms with E-state index in [4.69, 9.17) is 0 Å². The largest absolute Gasteiger partial charge is 0.348 e. The van der Waals surface area contributed by atoms with Gasteiger partial charge in [-0.25, -0.2) is 8.42 Å². The molecule has 0 saturated carbocycles. The zero-order valence-corrected chi connectivity index (χ0v) is 19.0. The predicted molar refractivity (Wildman–Crippen MR) is 124 cm³/mol. The van der Waals surface area contributed by atoms with E-state index in [1.165, 1.54) is 22.5 Å². The second-order valence-electron chi connectivity index (χ2n) is 8.38. The monoisotopic (exact) mass is 453 g/mol. The molecule has 1 unspecified atom stereocenters. The molecule has 1 fully saturated rings. The first kappa shape index (κ1) is 22.2. The Balaban J connectivity index is 1.68. The van der Waals surface area contributed by atoms with Crippen molar-refractivity contribution in [2.75, 3.05) is 6.54 Å². The lowest BCUT2D eigenvalue weighted by molar-refractivity contribution is 0.0952. The highest BCUT2D eigenvalue weighted by atomic mass is 32.2. The van der Waals surface area contributed by atoms with Crippen LogP contribution in [-0.2, 0) is 16.6 Å². The molecule has 7 nitrogen and oxygen atoms in total. The summed E-state index contributed by atoms with van der Waals surface area (Å²) < 4.78 is 28.1. The first-order valence-corrected chi connectivity index (χ1v) is 12.2. The summed E-state index contributed by atoms with van der Waals surface area (Å²) in [7, 11) is -3.71. The molecular formula is C24H27N3O4S. The van der Waals surface area contributed by atoms with Gasteiger partial charge in [-0.1, -0.05) is 36.2 Å². The van der Waals surface area contributed by atoms with Crippen LogP contribution in [0.3, 0.4) is 0 Å². The molecular weight excluding hydrogens is 426 g/mol. The first-order chi connectivity index (χ1) is 15.3. The molecule has 0 spiro atoms. The van der Waals surface area contributed by atoms with Gasteiger partial charge in [0.15, 0.2) is 0 Å². The van der Waals surface area contributed by atoms with Crippen molar-refractivity contribution in [2.45, 2.75) is 50.6 Å². The highest BCUT2D eigenvalue weighted by Crippen LogP contribution is 2.27. The van der Waals surface area contributed by atoms with Crippen LogP contribution in [0.15, 0.2) is 58.2 Å². The maximum absolute atomic E-state index is 13.3. The number of fused-ring (bicyclic) bond motifs is 1. The minimum absolute atomic E-state index is 0.0719. The second kappa shape index (κ2) is 8.88. The van der Waals surface area contributed by atoms with Gasteiger partial charge >= 0.3 is 0 Å². The average Bonchev–Trinajstić information content (AvgIpc) is 2.77. The number of pyridine rings is 1. The molecule has 0 aliphatic carbocycles. The Hall–Kier alpha value is -2.97. The van der Waals surface area contributed by atoms with Crippen molar-refractivity contribution in [3.05, 3.63) is 75.6 Å². The fraction of sp³-hybridized carbons (Fsp3) is 0.333. The summed E-state index contributed by atoms with van der Waals surface area (Å²) in [5.41, 5.74) is 2.21. The summed E-state index contributed by atoms with van der Waals surface area (Å²) in [6.45, 7) is 4.69. The van der Waals surface area contributed by atoms with Crippen LogP contribution >= 0.6 is 0 Å². The van der Waals surface area contributed by atoms with Gasteiger partial charge in [-0.15, -0.1) is 0 Å². The summed E-state index contributed by atoms with van der Waals surface area (Å²) in [6, 6.07) is 13.4. The highest BCUT2D eigenvalue weighted by Gasteiger charge is 2.31. The van der Waals surface area contributed by atoms with E-state index in [1.807, 2.05) is 38.1 Å². The Labute approximate surface area is 187 Å². The molecule has 2 aromatic carbocycles. The summed E-state index contributed by atoms with van der Waals surface area (Å²) in [5.74, 6) is -0.428. The molecule has 4 rings (SSSR count). The number of carbonyl (C=O) groups is 1. The van der Waals surface area contributed by atoms with Crippen LogP contribution in [0.25, 0.3) is 10.9 Å². The Kier molecular flexibility index (Phi) is 6.17. The van der Waals surface area contributed by atoms with Crippen LogP contribution in [0.4, 0.5) is 0 Å². The lowest BCUT2D eigenvalue weighted by Crippen LogP contribution is -2.41. The summed E-state index contributed by atoms with van der Waals surface area (Å²) in [6.07, 6.45) is 2.67. The van der Waals surface area contributed by atoms with Gasteiger partial charge in [-0.3, -0.25) is 9.59 Å².